The third kappa shape index (κ3) is 5.31. The molecule has 1 rings (SSSR count). The fourth-order valence-electron chi connectivity index (χ4n) is 0.855. The number of carbonyl (C=O) groups excluding carboxylic acids is 1. The molecule has 0 radical (unpaired) electrons. The summed E-state index contributed by atoms with van der Waals surface area (Å²) in [4.78, 5) is 9.83. The van der Waals surface area contributed by atoms with Crippen LogP contribution >= 0.6 is 0 Å². The van der Waals surface area contributed by atoms with E-state index < -0.39 is 0 Å². The van der Waals surface area contributed by atoms with Crippen molar-refractivity contribution in [3.63, 3.8) is 0 Å². The smallest absolute Gasteiger partial charge is 0.319 e. The van der Waals surface area contributed by atoms with Gasteiger partial charge in [-0.05, 0) is 24.6 Å². The summed E-state index contributed by atoms with van der Waals surface area (Å²) in [6.45, 7) is 1.80. The first-order valence-corrected chi connectivity index (χ1v) is 4.62. The van der Waals surface area contributed by atoms with E-state index in [1.165, 1.54) is 20.3 Å². The molecule has 0 aromatic heterocycles. The van der Waals surface area contributed by atoms with Gasteiger partial charge < -0.3 is 15.2 Å². The lowest BCUT2D eigenvalue weighted by atomic mass is 10.2. The van der Waals surface area contributed by atoms with Crippen molar-refractivity contribution in [2.75, 3.05) is 20.8 Å². The molecule has 0 aliphatic rings. The standard InChI is InChI=1S/C8H9FO.C3H7NO2/c1-6-3-4-8(10-2)7(9)5-6;1-6-3(5)2-4/h3-5H,1-2H3;2,4H2,1H3. The molecule has 0 unspecified atom stereocenters. The minimum Gasteiger partial charge on any atom is -0.494 e. The van der Waals surface area contributed by atoms with E-state index in [0.29, 0.717) is 5.75 Å². The third-order valence-electron chi connectivity index (χ3n) is 1.70. The lowest BCUT2D eigenvalue weighted by molar-refractivity contribution is -0.138. The normalized spacial score (nSPS) is 8.81. The van der Waals surface area contributed by atoms with E-state index in [1.54, 1.807) is 6.07 Å². The Morgan fingerprint density at radius 3 is 2.38 bits per heavy atom. The van der Waals surface area contributed by atoms with Crippen LogP contribution in [0.2, 0.25) is 0 Å². The Labute approximate surface area is 94.2 Å². The van der Waals surface area contributed by atoms with Crippen LogP contribution in [-0.2, 0) is 9.53 Å². The summed E-state index contributed by atoms with van der Waals surface area (Å²) in [6.07, 6.45) is 0. The monoisotopic (exact) mass is 229 g/mol. The summed E-state index contributed by atoms with van der Waals surface area (Å²) in [5, 5.41) is 0. The second kappa shape index (κ2) is 7.64. The number of benzene rings is 1. The van der Waals surface area contributed by atoms with E-state index in [-0.39, 0.29) is 18.3 Å². The van der Waals surface area contributed by atoms with Crippen molar-refractivity contribution < 1.29 is 18.7 Å². The lowest BCUT2D eigenvalue weighted by Gasteiger charge is -2.00. The van der Waals surface area contributed by atoms with E-state index in [4.69, 9.17) is 10.5 Å². The molecule has 0 fully saturated rings. The van der Waals surface area contributed by atoms with Crippen molar-refractivity contribution in [2.45, 2.75) is 6.92 Å². The molecule has 90 valence electrons. The third-order valence-corrected chi connectivity index (χ3v) is 1.70. The first-order valence-electron chi connectivity index (χ1n) is 4.62. The average molecular weight is 229 g/mol. The van der Waals surface area contributed by atoms with Crippen molar-refractivity contribution in [3.05, 3.63) is 29.6 Å². The molecular formula is C11H16FNO3. The van der Waals surface area contributed by atoms with E-state index in [2.05, 4.69) is 4.74 Å². The number of halogens is 1. The zero-order valence-corrected chi connectivity index (χ0v) is 9.62. The van der Waals surface area contributed by atoms with Crippen molar-refractivity contribution in [2.24, 2.45) is 5.73 Å². The Morgan fingerprint density at radius 1 is 1.44 bits per heavy atom. The largest absolute Gasteiger partial charge is 0.494 e. The topological polar surface area (TPSA) is 61.5 Å². The molecule has 2 N–H and O–H groups in total. The van der Waals surface area contributed by atoms with Crippen LogP contribution in [0.15, 0.2) is 18.2 Å². The summed E-state index contributed by atoms with van der Waals surface area (Å²) in [7, 11) is 2.75. The van der Waals surface area contributed by atoms with E-state index >= 15 is 0 Å². The highest BCUT2D eigenvalue weighted by molar-refractivity contribution is 5.70. The summed E-state index contributed by atoms with van der Waals surface area (Å²) in [6, 6.07) is 4.87. The average Bonchev–Trinajstić information content (AvgIpc) is 2.29. The van der Waals surface area contributed by atoms with Gasteiger partial charge >= 0.3 is 5.97 Å². The molecule has 1 aromatic rings. The van der Waals surface area contributed by atoms with E-state index in [0.717, 1.165) is 5.56 Å². The molecule has 16 heavy (non-hydrogen) atoms. The highest BCUT2D eigenvalue weighted by Crippen LogP contribution is 2.16. The van der Waals surface area contributed by atoms with Crippen LogP contribution < -0.4 is 10.5 Å². The SMILES string of the molecule is COC(=O)CN.COc1ccc(C)cc1F. The maximum atomic E-state index is 12.7. The molecule has 0 saturated heterocycles. The minimum atomic E-state index is -0.380. The second-order valence-electron chi connectivity index (χ2n) is 2.92. The van der Waals surface area contributed by atoms with Gasteiger partial charge in [0.15, 0.2) is 11.6 Å². The van der Waals surface area contributed by atoms with Gasteiger partial charge in [0.2, 0.25) is 0 Å². The molecular weight excluding hydrogens is 213 g/mol. The van der Waals surface area contributed by atoms with Crippen LogP contribution in [0.25, 0.3) is 0 Å². The lowest BCUT2D eigenvalue weighted by Crippen LogP contribution is -2.14. The van der Waals surface area contributed by atoms with Crippen molar-refractivity contribution in [1.82, 2.24) is 0 Å². The molecule has 0 aliphatic heterocycles. The molecule has 0 atom stereocenters. The van der Waals surface area contributed by atoms with E-state index in [1.807, 2.05) is 13.0 Å². The van der Waals surface area contributed by atoms with Gasteiger partial charge in [-0.1, -0.05) is 6.07 Å². The number of hydrogen-bond acceptors (Lipinski definition) is 4. The van der Waals surface area contributed by atoms with Gasteiger partial charge in [-0.3, -0.25) is 4.79 Å². The minimum absolute atomic E-state index is 0.0312. The highest BCUT2D eigenvalue weighted by Gasteiger charge is 1.99. The van der Waals surface area contributed by atoms with Crippen LogP contribution in [0, 0.1) is 12.7 Å². The molecule has 0 amide bonds. The summed E-state index contributed by atoms with van der Waals surface area (Å²) in [5.74, 6) is -0.386. The molecule has 0 saturated carbocycles. The van der Waals surface area contributed by atoms with Gasteiger partial charge in [0.1, 0.15) is 0 Å². The predicted octanol–water partition coefficient (Wildman–Crippen LogP) is 1.26. The Morgan fingerprint density at radius 2 is 2.06 bits per heavy atom. The van der Waals surface area contributed by atoms with Gasteiger partial charge in [-0.25, -0.2) is 4.39 Å². The van der Waals surface area contributed by atoms with Gasteiger partial charge in [0.05, 0.1) is 20.8 Å². The molecule has 4 nitrogen and oxygen atoms in total. The predicted molar refractivity (Wildman–Crippen MR) is 58.8 cm³/mol. The molecule has 0 aliphatic carbocycles. The van der Waals surface area contributed by atoms with Crippen LogP contribution in [0.5, 0.6) is 5.75 Å². The number of esters is 1. The van der Waals surface area contributed by atoms with Crippen LogP contribution in [0.4, 0.5) is 4.39 Å². The van der Waals surface area contributed by atoms with Gasteiger partial charge in [-0.15, -0.1) is 0 Å². The Balaban J connectivity index is 0.000000325. The number of aryl methyl sites for hydroxylation is 1. The maximum Gasteiger partial charge on any atom is 0.319 e. The number of carbonyl (C=O) groups is 1. The number of hydrogen-bond donors (Lipinski definition) is 1. The van der Waals surface area contributed by atoms with E-state index in [9.17, 15) is 9.18 Å². The van der Waals surface area contributed by atoms with Crippen molar-refractivity contribution in [1.29, 1.82) is 0 Å². The van der Waals surface area contributed by atoms with Crippen LogP contribution in [0.3, 0.4) is 0 Å². The fraction of sp³-hybridized carbons (Fsp3) is 0.364. The highest BCUT2D eigenvalue weighted by atomic mass is 19.1. The summed E-state index contributed by atoms with van der Waals surface area (Å²) >= 11 is 0. The number of nitrogens with two attached hydrogens (primary N) is 1. The number of rotatable bonds is 2. The Kier molecular flexibility index (Phi) is 6.87. The fourth-order valence-corrected chi connectivity index (χ4v) is 0.855. The summed E-state index contributed by atoms with van der Waals surface area (Å²) < 4.78 is 21.6. The molecule has 5 heteroatoms. The molecule has 0 heterocycles. The number of ether oxygens (including phenoxy) is 2. The number of methoxy groups -OCH3 is 2. The molecule has 0 bridgehead atoms. The van der Waals surface area contributed by atoms with Gasteiger partial charge in [0, 0.05) is 0 Å². The van der Waals surface area contributed by atoms with Crippen molar-refractivity contribution >= 4 is 5.97 Å². The first kappa shape index (κ1) is 14.4. The Bertz CT molecular complexity index is 336. The molecule has 0 spiro atoms. The molecule has 1 aromatic carbocycles. The summed E-state index contributed by atoms with van der Waals surface area (Å²) in [5.41, 5.74) is 5.71. The van der Waals surface area contributed by atoms with Crippen LogP contribution in [-0.4, -0.2) is 26.7 Å². The Hall–Kier alpha value is -1.62. The zero-order valence-electron chi connectivity index (χ0n) is 9.62. The first-order chi connectivity index (χ1) is 7.54. The van der Waals surface area contributed by atoms with Crippen LogP contribution in [0.1, 0.15) is 5.56 Å². The van der Waals surface area contributed by atoms with Crippen molar-refractivity contribution in [3.8, 4) is 5.75 Å². The van der Waals surface area contributed by atoms with Gasteiger partial charge in [0.25, 0.3) is 0 Å². The second-order valence-corrected chi connectivity index (χ2v) is 2.92. The zero-order chi connectivity index (χ0) is 12.6. The maximum absolute atomic E-state index is 12.7. The quantitative estimate of drug-likeness (QED) is 0.775. The van der Waals surface area contributed by atoms with Gasteiger partial charge in [-0.2, -0.15) is 0 Å².